The highest BCUT2D eigenvalue weighted by Crippen LogP contribution is 1.99. The monoisotopic (exact) mass is 238 g/mol. The Hall–Kier alpha value is -1.46. The highest BCUT2D eigenvalue weighted by molar-refractivity contribution is 5.85. The van der Waals surface area contributed by atoms with Gasteiger partial charge in [0.15, 0.2) is 0 Å². The fraction of sp³-hybridized carbons (Fsp3) is 0.500. The van der Waals surface area contributed by atoms with Gasteiger partial charge in [0.25, 0.3) is 0 Å². The first kappa shape index (κ1) is 13.6. The van der Waals surface area contributed by atoms with Gasteiger partial charge in [0.05, 0.1) is 18.4 Å². The molecular formula is C12H18N2O3. The van der Waals surface area contributed by atoms with Crippen LogP contribution in [0.2, 0.25) is 0 Å². The average molecular weight is 238 g/mol. The van der Waals surface area contributed by atoms with E-state index < -0.39 is 5.97 Å². The number of hydrogen-bond donors (Lipinski definition) is 2. The van der Waals surface area contributed by atoms with Crippen molar-refractivity contribution in [2.45, 2.75) is 26.5 Å². The first-order valence-electron chi connectivity index (χ1n) is 5.61. The number of nitrogens with one attached hydrogen (secondary N) is 1. The van der Waals surface area contributed by atoms with E-state index in [1.807, 2.05) is 13.8 Å². The number of carboxylic acid groups (broad SMARTS) is 1. The summed E-state index contributed by atoms with van der Waals surface area (Å²) < 4.78 is 5.36. The van der Waals surface area contributed by atoms with Crippen molar-refractivity contribution in [2.24, 2.45) is 0 Å². The topological polar surface area (TPSA) is 71.5 Å². The van der Waals surface area contributed by atoms with Crippen LogP contribution in [-0.2, 0) is 11.3 Å². The lowest BCUT2D eigenvalue weighted by Gasteiger charge is -2.08. The number of ether oxygens (including phenoxy) is 1. The van der Waals surface area contributed by atoms with Gasteiger partial charge in [0.2, 0.25) is 0 Å². The highest BCUT2D eigenvalue weighted by Gasteiger charge is 2.04. The van der Waals surface area contributed by atoms with Crippen LogP contribution in [0.5, 0.6) is 0 Å². The number of nitrogens with zero attached hydrogens (tertiary/aromatic N) is 1. The Morgan fingerprint density at radius 1 is 1.53 bits per heavy atom. The Balaban J connectivity index is 2.31. The van der Waals surface area contributed by atoms with E-state index in [4.69, 9.17) is 9.84 Å². The molecule has 1 aromatic rings. The van der Waals surface area contributed by atoms with Gasteiger partial charge in [0, 0.05) is 13.1 Å². The van der Waals surface area contributed by atoms with Crippen molar-refractivity contribution in [3.8, 4) is 0 Å². The van der Waals surface area contributed by atoms with E-state index >= 15 is 0 Å². The predicted octanol–water partition coefficient (Wildman–Crippen LogP) is 1.29. The smallest absolute Gasteiger partial charge is 0.354 e. The van der Waals surface area contributed by atoms with Crippen molar-refractivity contribution in [3.05, 3.63) is 29.6 Å². The molecule has 0 saturated carbocycles. The lowest BCUT2D eigenvalue weighted by Crippen LogP contribution is -2.21. The second kappa shape index (κ2) is 6.98. The molecule has 17 heavy (non-hydrogen) atoms. The Bertz CT molecular complexity index is 367. The molecule has 5 heteroatoms. The van der Waals surface area contributed by atoms with Crippen molar-refractivity contribution >= 4 is 5.97 Å². The molecule has 1 rings (SSSR count). The van der Waals surface area contributed by atoms with Gasteiger partial charge >= 0.3 is 5.97 Å². The highest BCUT2D eigenvalue weighted by atomic mass is 16.5. The van der Waals surface area contributed by atoms with Crippen molar-refractivity contribution < 1.29 is 14.6 Å². The van der Waals surface area contributed by atoms with E-state index in [9.17, 15) is 4.79 Å². The van der Waals surface area contributed by atoms with E-state index in [1.165, 1.54) is 6.07 Å². The molecular weight excluding hydrogens is 220 g/mol. The molecule has 0 aliphatic carbocycles. The lowest BCUT2D eigenvalue weighted by atomic mass is 10.3. The van der Waals surface area contributed by atoms with Crippen molar-refractivity contribution in [3.63, 3.8) is 0 Å². The second-order valence-corrected chi connectivity index (χ2v) is 3.92. The summed E-state index contributed by atoms with van der Waals surface area (Å²) in [5, 5.41) is 11.9. The molecule has 0 spiro atoms. The number of aromatic carboxylic acids is 1. The van der Waals surface area contributed by atoms with Gasteiger partial charge in [-0.3, -0.25) is 0 Å². The van der Waals surface area contributed by atoms with Gasteiger partial charge in [-0.1, -0.05) is 6.07 Å². The van der Waals surface area contributed by atoms with Crippen molar-refractivity contribution in [1.29, 1.82) is 0 Å². The third-order valence-electron chi connectivity index (χ3n) is 2.06. The Morgan fingerprint density at radius 3 is 2.94 bits per heavy atom. The van der Waals surface area contributed by atoms with E-state index in [2.05, 4.69) is 10.3 Å². The van der Waals surface area contributed by atoms with Gasteiger partial charge in [-0.15, -0.1) is 0 Å². The Labute approximate surface area is 101 Å². The number of pyridine rings is 1. The van der Waals surface area contributed by atoms with Crippen LogP contribution in [0.25, 0.3) is 0 Å². The number of carboxylic acids is 1. The van der Waals surface area contributed by atoms with E-state index in [0.29, 0.717) is 13.2 Å². The molecule has 5 nitrogen and oxygen atoms in total. The fourth-order valence-corrected chi connectivity index (χ4v) is 1.28. The summed E-state index contributed by atoms with van der Waals surface area (Å²) in [6.07, 6.45) is 0.227. The third-order valence-corrected chi connectivity index (χ3v) is 2.06. The summed E-state index contributed by atoms with van der Waals surface area (Å²) in [5.41, 5.74) is 0.789. The van der Waals surface area contributed by atoms with Gasteiger partial charge in [-0.2, -0.15) is 0 Å². The molecule has 0 radical (unpaired) electrons. The van der Waals surface area contributed by atoms with Gasteiger partial charge in [-0.25, -0.2) is 9.78 Å². The van der Waals surface area contributed by atoms with Crippen LogP contribution in [0, 0.1) is 0 Å². The molecule has 0 unspecified atom stereocenters. The van der Waals surface area contributed by atoms with Crippen LogP contribution >= 0.6 is 0 Å². The summed E-state index contributed by atoms with van der Waals surface area (Å²) in [6, 6.07) is 4.97. The summed E-state index contributed by atoms with van der Waals surface area (Å²) in [5.74, 6) is -1.00. The zero-order chi connectivity index (χ0) is 12.7. The van der Waals surface area contributed by atoms with Gasteiger partial charge in [-0.05, 0) is 26.0 Å². The van der Waals surface area contributed by atoms with Crippen LogP contribution in [0.1, 0.15) is 30.0 Å². The summed E-state index contributed by atoms with van der Waals surface area (Å²) >= 11 is 0. The molecule has 1 heterocycles. The predicted molar refractivity (Wildman–Crippen MR) is 64.0 cm³/mol. The number of rotatable bonds is 7. The van der Waals surface area contributed by atoms with Crippen LogP contribution in [-0.4, -0.2) is 35.3 Å². The Kier molecular flexibility index (Phi) is 5.59. The van der Waals surface area contributed by atoms with Gasteiger partial charge in [0.1, 0.15) is 5.69 Å². The molecule has 0 bridgehead atoms. The van der Waals surface area contributed by atoms with E-state index in [1.54, 1.807) is 12.1 Å². The van der Waals surface area contributed by atoms with Gasteiger partial charge < -0.3 is 15.2 Å². The summed E-state index contributed by atoms with van der Waals surface area (Å²) in [6.45, 7) is 5.87. The standard InChI is InChI=1S/C12H18N2O3/c1-9(2)17-7-6-13-8-10-4-3-5-11(14-10)12(15)16/h3-5,9,13H,6-8H2,1-2H3,(H,15,16). The minimum Gasteiger partial charge on any atom is -0.477 e. The molecule has 2 N–H and O–H groups in total. The molecule has 0 saturated heterocycles. The maximum atomic E-state index is 10.7. The molecule has 0 aliphatic heterocycles. The fourth-order valence-electron chi connectivity index (χ4n) is 1.28. The number of carbonyl (C=O) groups is 1. The minimum absolute atomic E-state index is 0.0720. The normalized spacial score (nSPS) is 10.8. The minimum atomic E-state index is -1.00. The molecule has 0 fully saturated rings. The maximum absolute atomic E-state index is 10.7. The largest absolute Gasteiger partial charge is 0.477 e. The quantitative estimate of drug-likeness (QED) is 0.700. The maximum Gasteiger partial charge on any atom is 0.354 e. The molecule has 0 amide bonds. The Morgan fingerprint density at radius 2 is 2.29 bits per heavy atom. The van der Waals surface area contributed by atoms with E-state index in [0.717, 1.165) is 12.2 Å². The van der Waals surface area contributed by atoms with Crippen LogP contribution in [0.3, 0.4) is 0 Å². The molecule has 1 aromatic heterocycles. The molecule has 0 aliphatic rings. The van der Waals surface area contributed by atoms with Crippen LogP contribution < -0.4 is 5.32 Å². The zero-order valence-corrected chi connectivity index (χ0v) is 10.1. The summed E-state index contributed by atoms with van der Waals surface area (Å²) in [7, 11) is 0. The first-order valence-corrected chi connectivity index (χ1v) is 5.61. The molecule has 0 atom stereocenters. The zero-order valence-electron chi connectivity index (χ0n) is 10.1. The SMILES string of the molecule is CC(C)OCCNCc1cccc(C(=O)O)n1. The van der Waals surface area contributed by atoms with Crippen molar-refractivity contribution in [1.82, 2.24) is 10.3 Å². The lowest BCUT2D eigenvalue weighted by molar-refractivity contribution is 0.0689. The number of hydrogen-bond acceptors (Lipinski definition) is 4. The van der Waals surface area contributed by atoms with Crippen molar-refractivity contribution in [2.75, 3.05) is 13.2 Å². The van der Waals surface area contributed by atoms with Crippen LogP contribution in [0.4, 0.5) is 0 Å². The average Bonchev–Trinajstić information content (AvgIpc) is 2.28. The molecule has 94 valence electrons. The first-order chi connectivity index (χ1) is 8.09. The second-order valence-electron chi connectivity index (χ2n) is 3.92. The number of aromatic nitrogens is 1. The summed E-state index contributed by atoms with van der Waals surface area (Å²) in [4.78, 5) is 14.7. The van der Waals surface area contributed by atoms with Crippen LogP contribution in [0.15, 0.2) is 18.2 Å². The molecule has 0 aromatic carbocycles. The third kappa shape index (κ3) is 5.42. The van der Waals surface area contributed by atoms with E-state index in [-0.39, 0.29) is 11.8 Å².